The number of hydrogen-bond donors (Lipinski definition) is 2. The number of carbonyl (C=O) groups is 1. The molecule has 1 amide bonds. The molecule has 0 fully saturated rings. The molecule has 0 aliphatic carbocycles. The minimum atomic E-state index is -0.247. The smallest absolute Gasteiger partial charge is 0.256 e. The van der Waals surface area contributed by atoms with E-state index in [1.54, 1.807) is 42.5 Å². The number of aryl methyl sites for hydroxylation is 1. The van der Waals surface area contributed by atoms with Crippen LogP contribution in [0.1, 0.15) is 27.2 Å². The van der Waals surface area contributed by atoms with Crippen LogP contribution in [0.3, 0.4) is 0 Å². The van der Waals surface area contributed by atoms with Gasteiger partial charge in [0.1, 0.15) is 12.4 Å². The van der Waals surface area contributed by atoms with Crippen molar-refractivity contribution in [1.82, 2.24) is 4.98 Å². The first-order valence-electron chi connectivity index (χ1n) is 9.72. The molecule has 0 unspecified atom stereocenters. The third-order valence-electron chi connectivity index (χ3n) is 4.85. The molecule has 1 aromatic heterocycles. The van der Waals surface area contributed by atoms with Crippen molar-refractivity contribution in [3.8, 4) is 11.8 Å². The van der Waals surface area contributed by atoms with E-state index in [0.29, 0.717) is 28.3 Å². The van der Waals surface area contributed by atoms with Gasteiger partial charge in [-0.3, -0.25) is 9.78 Å². The van der Waals surface area contributed by atoms with Gasteiger partial charge in [-0.25, -0.2) is 0 Å². The highest BCUT2D eigenvalue weighted by atomic mass is 16.5. The molecule has 0 radical (unpaired) electrons. The molecule has 0 aliphatic heterocycles. The maximum atomic E-state index is 13.0. The van der Waals surface area contributed by atoms with Crippen LogP contribution in [-0.4, -0.2) is 10.9 Å². The van der Waals surface area contributed by atoms with Crippen LogP contribution in [0.5, 0.6) is 5.75 Å². The molecule has 0 aliphatic rings. The van der Waals surface area contributed by atoms with Crippen molar-refractivity contribution in [3.05, 3.63) is 95.2 Å². The number of amides is 1. The van der Waals surface area contributed by atoms with E-state index < -0.39 is 0 Å². The second-order valence-corrected chi connectivity index (χ2v) is 7.12. The third kappa shape index (κ3) is 4.46. The lowest BCUT2D eigenvalue weighted by Gasteiger charge is -2.12. The van der Waals surface area contributed by atoms with Crippen molar-refractivity contribution in [3.63, 3.8) is 0 Å². The lowest BCUT2D eigenvalue weighted by molar-refractivity contribution is 0.102. The number of nitrogens with two attached hydrogens (primary N) is 1. The summed E-state index contributed by atoms with van der Waals surface area (Å²) in [5, 5.41) is 12.7. The molecule has 0 spiro atoms. The van der Waals surface area contributed by atoms with Crippen molar-refractivity contribution in [1.29, 1.82) is 5.26 Å². The Morgan fingerprint density at radius 2 is 1.94 bits per heavy atom. The number of fused-ring (bicyclic) bond motifs is 1. The number of aromatic nitrogens is 1. The Morgan fingerprint density at radius 3 is 2.77 bits per heavy atom. The van der Waals surface area contributed by atoms with Crippen molar-refractivity contribution in [2.75, 3.05) is 11.1 Å². The minimum Gasteiger partial charge on any atom is -0.489 e. The number of ether oxygens (including phenoxy) is 1. The summed E-state index contributed by atoms with van der Waals surface area (Å²) in [5.41, 5.74) is 10.8. The minimum absolute atomic E-state index is 0.201. The molecule has 0 atom stereocenters. The summed E-state index contributed by atoms with van der Waals surface area (Å²) in [6.07, 6.45) is 0. The summed E-state index contributed by atoms with van der Waals surface area (Å²) >= 11 is 0. The number of nitriles is 1. The Bertz CT molecular complexity index is 1320. The van der Waals surface area contributed by atoms with E-state index in [9.17, 15) is 4.79 Å². The number of nitrogens with zero attached hydrogens (tertiary/aromatic N) is 2. The molecular formula is C25H20N4O2. The Kier molecular flexibility index (Phi) is 5.50. The van der Waals surface area contributed by atoms with Gasteiger partial charge >= 0.3 is 0 Å². The zero-order chi connectivity index (χ0) is 21.8. The predicted molar refractivity (Wildman–Crippen MR) is 121 cm³/mol. The van der Waals surface area contributed by atoms with Gasteiger partial charge in [0.15, 0.2) is 0 Å². The average Bonchev–Trinajstić information content (AvgIpc) is 2.78. The van der Waals surface area contributed by atoms with Crippen LogP contribution >= 0.6 is 0 Å². The summed E-state index contributed by atoms with van der Waals surface area (Å²) in [7, 11) is 0. The van der Waals surface area contributed by atoms with E-state index in [0.717, 1.165) is 22.2 Å². The molecule has 3 N–H and O–H groups in total. The van der Waals surface area contributed by atoms with Gasteiger partial charge in [-0.05, 0) is 55.5 Å². The number of pyridine rings is 1. The number of benzene rings is 3. The van der Waals surface area contributed by atoms with Crippen molar-refractivity contribution in [2.45, 2.75) is 13.5 Å². The largest absolute Gasteiger partial charge is 0.489 e. The lowest BCUT2D eigenvalue weighted by Crippen LogP contribution is -2.15. The zero-order valence-electron chi connectivity index (χ0n) is 16.9. The fourth-order valence-corrected chi connectivity index (χ4v) is 3.35. The van der Waals surface area contributed by atoms with E-state index in [4.69, 9.17) is 15.7 Å². The van der Waals surface area contributed by atoms with E-state index in [1.165, 1.54) is 0 Å². The standard InChI is InChI=1S/C25H20N4O2/c1-16-11-23(27)22-13-19(9-10-24(22)28-16)29-25(30)21-8-3-2-6-18(21)15-31-20-7-4-5-17(12-20)14-26/h2-13H,15H2,1H3,(H2,27,28)(H,29,30). The molecule has 0 saturated heterocycles. The highest BCUT2D eigenvalue weighted by molar-refractivity contribution is 6.06. The number of carbonyl (C=O) groups excluding carboxylic acids is 1. The number of anilines is 2. The van der Waals surface area contributed by atoms with E-state index in [-0.39, 0.29) is 12.5 Å². The number of rotatable bonds is 5. The molecule has 0 saturated carbocycles. The third-order valence-corrected chi connectivity index (χ3v) is 4.85. The number of nitrogens with one attached hydrogen (secondary N) is 1. The summed E-state index contributed by atoms with van der Waals surface area (Å²) in [4.78, 5) is 17.4. The summed E-state index contributed by atoms with van der Waals surface area (Å²) in [5.74, 6) is 0.324. The molecule has 4 rings (SSSR count). The van der Waals surface area contributed by atoms with Gasteiger partial charge in [0.25, 0.3) is 5.91 Å². The number of nitrogen functional groups attached to an aromatic ring is 1. The van der Waals surface area contributed by atoms with Gasteiger partial charge in [-0.15, -0.1) is 0 Å². The molecular weight excluding hydrogens is 388 g/mol. The van der Waals surface area contributed by atoms with E-state index in [1.807, 2.05) is 37.3 Å². The second-order valence-electron chi connectivity index (χ2n) is 7.12. The number of hydrogen-bond acceptors (Lipinski definition) is 5. The molecule has 6 nitrogen and oxygen atoms in total. The lowest BCUT2D eigenvalue weighted by atomic mass is 10.1. The summed E-state index contributed by atoms with van der Waals surface area (Å²) in [6.45, 7) is 2.09. The van der Waals surface area contributed by atoms with Crippen LogP contribution in [0.25, 0.3) is 10.9 Å². The van der Waals surface area contributed by atoms with Gasteiger partial charge in [0.2, 0.25) is 0 Å². The summed E-state index contributed by atoms with van der Waals surface area (Å²) < 4.78 is 5.80. The predicted octanol–water partition coefficient (Wildman–Crippen LogP) is 4.83. The first-order valence-corrected chi connectivity index (χ1v) is 9.72. The van der Waals surface area contributed by atoms with Gasteiger partial charge in [0.05, 0.1) is 17.1 Å². The maximum Gasteiger partial charge on any atom is 0.256 e. The van der Waals surface area contributed by atoms with Gasteiger partial charge in [0, 0.05) is 33.6 Å². The molecule has 1 heterocycles. The SMILES string of the molecule is Cc1cc(N)c2cc(NC(=O)c3ccccc3COc3cccc(C#N)c3)ccc2n1. The molecule has 31 heavy (non-hydrogen) atoms. The molecule has 152 valence electrons. The van der Waals surface area contributed by atoms with Crippen molar-refractivity contribution >= 4 is 28.2 Å². The topological polar surface area (TPSA) is 101 Å². The molecule has 3 aromatic carbocycles. The average molecular weight is 408 g/mol. The maximum absolute atomic E-state index is 13.0. The quantitative estimate of drug-likeness (QED) is 0.493. The highest BCUT2D eigenvalue weighted by Gasteiger charge is 2.13. The first-order chi connectivity index (χ1) is 15.0. The van der Waals surface area contributed by atoms with Gasteiger partial charge in [-0.1, -0.05) is 24.3 Å². The van der Waals surface area contributed by atoms with Gasteiger partial charge in [-0.2, -0.15) is 5.26 Å². The molecule has 4 aromatic rings. The summed E-state index contributed by atoms with van der Waals surface area (Å²) in [6, 6.07) is 23.5. The zero-order valence-corrected chi connectivity index (χ0v) is 16.9. The Hall–Kier alpha value is -4.37. The fourth-order valence-electron chi connectivity index (χ4n) is 3.35. The fraction of sp³-hybridized carbons (Fsp3) is 0.0800. The van der Waals surface area contributed by atoms with Crippen LogP contribution in [0, 0.1) is 18.3 Å². The Labute approximate surface area is 179 Å². The molecule has 0 bridgehead atoms. The van der Waals surface area contributed by atoms with Crippen molar-refractivity contribution in [2.24, 2.45) is 0 Å². The van der Waals surface area contributed by atoms with Crippen LogP contribution < -0.4 is 15.8 Å². The van der Waals surface area contributed by atoms with Crippen LogP contribution in [0.4, 0.5) is 11.4 Å². The molecule has 6 heteroatoms. The van der Waals surface area contributed by atoms with Gasteiger partial charge < -0.3 is 15.8 Å². The van der Waals surface area contributed by atoms with E-state index >= 15 is 0 Å². The second kappa shape index (κ2) is 8.56. The van der Waals surface area contributed by atoms with Crippen LogP contribution in [0.15, 0.2) is 72.8 Å². The Balaban J connectivity index is 1.54. The van der Waals surface area contributed by atoms with Crippen LogP contribution in [0.2, 0.25) is 0 Å². The monoisotopic (exact) mass is 408 g/mol. The first kappa shape index (κ1) is 19.9. The van der Waals surface area contributed by atoms with Crippen LogP contribution in [-0.2, 0) is 6.61 Å². The van der Waals surface area contributed by atoms with E-state index in [2.05, 4.69) is 16.4 Å². The highest BCUT2D eigenvalue weighted by Crippen LogP contribution is 2.25. The normalized spacial score (nSPS) is 10.5. The Morgan fingerprint density at radius 1 is 1.10 bits per heavy atom. The van der Waals surface area contributed by atoms with Crippen molar-refractivity contribution < 1.29 is 9.53 Å².